The quantitative estimate of drug-likeness (QED) is 0.316. The van der Waals surface area contributed by atoms with Crippen molar-refractivity contribution in [3.63, 3.8) is 0 Å². The number of rotatable bonds is 8. The molecule has 1 N–H and O–H groups in total. The van der Waals surface area contributed by atoms with E-state index in [4.69, 9.17) is 9.47 Å². The number of aromatic hydroxyl groups is 1. The van der Waals surface area contributed by atoms with Crippen molar-refractivity contribution in [2.75, 3.05) is 14.2 Å². The molecule has 0 aliphatic rings. The zero-order valence-corrected chi connectivity index (χ0v) is 19.6. The summed E-state index contributed by atoms with van der Waals surface area (Å²) in [5, 5.41) is 12.8. The molecule has 1 unspecified atom stereocenters. The van der Waals surface area contributed by atoms with Gasteiger partial charge in [-0.3, -0.25) is 9.59 Å². The van der Waals surface area contributed by atoms with Crippen molar-refractivity contribution in [2.45, 2.75) is 13.3 Å². The molecule has 34 heavy (non-hydrogen) atoms. The first kappa shape index (κ1) is 23.4. The summed E-state index contributed by atoms with van der Waals surface area (Å²) in [6.07, 6.45) is -0.0771. The highest BCUT2D eigenvalue weighted by Gasteiger charge is 2.25. The van der Waals surface area contributed by atoms with Crippen LogP contribution in [-0.2, 0) is 0 Å². The van der Waals surface area contributed by atoms with Crippen LogP contribution in [0.25, 0.3) is 21.3 Å². The third kappa shape index (κ3) is 4.36. The van der Waals surface area contributed by atoms with Crippen LogP contribution in [0.3, 0.4) is 0 Å². The number of nitrogens with zero attached hydrogens (tertiary/aromatic N) is 1. The number of aromatic nitrogens is 1. The zero-order chi connectivity index (χ0) is 24.4. The molecule has 0 aliphatic carbocycles. The van der Waals surface area contributed by atoms with E-state index in [0.717, 1.165) is 0 Å². The fourth-order valence-corrected chi connectivity index (χ4v) is 4.70. The van der Waals surface area contributed by atoms with Crippen molar-refractivity contribution >= 4 is 33.0 Å². The molecule has 0 aliphatic heterocycles. The number of halogens is 1. The average Bonchev–Trinajstić information content (AvgIpc) is 3.29. The molecule has 8 heteroatoms. The standard InChI is InChI=1S/C26H22FNO5S/c1-14(11-21(30)15-7-10-22(32-2)23(12-15)33-3)25(31)24-20(29)9-8-19(28-24)17-13-34-26-16(17)5-4-6-18(26)27/h4-10,12-14,29H,11H2,1-3H3. The van der Waals surface area contributed by atoms with E-state index < -0.39 is 11.7 Å². The van der Waals surface area contributed by atoms with E-state index in [1.807, 2.05) is 0 Å². The maximum Gasteiger partial charge on any atom is 0.188 e. The number of thiophene rings is 1. The number of fused-ring (bicyclic) bond motifs is 1. The first-order chi connectivity index (χ1) is 16.3. The number of hydrogen-bond donors (Lipinski definition) is 1. The van der Waals surface area contributed by atoms with E-state index in [1.54, 1.807) is 48.7 Å². The van der Waals surface area contributed by atoms with Crippen molar-refractivity contribution in [3.8, 4) is 28.5 Å². The second kappa shape index (κ2) is 9.61. The predicted molar refractivity (Wildman–Crippen MR) is 129 cm³/mol. The lowest BCUT2D eigenvalue weighted by molar-refractivity contribution is 0.0857. The molecule has 2 aromatic carbocycles. The lowest BCUT2D eigenvalue weighted by Gasteiger charge is -2.13. The Labute approximate surface area is 199 Å². The molecule has 0 radical (unpaired) electrons. The molecule has 0 amide bonds. The summed E-state index contributed by atoms with van der Waals surface area (Å²) in [5.74, 6) is -1.13. The lowest BCUT2D eigenvalue weighted by atomic mass is 9.93. The topological polar surface area (TPSA) is 85.7 Å². The van der Waals surface area contributed by atoms with Crippen molar-refractivity contribution in [1.82, 2.24) is 4.98 Å². The van der Waals surface area contributed by atoms with E-state index in [0.29, 0.717) is 38.4 Å². The number of ether oxygens (including phenoxy) is 2. The minimum absolute atomic E-state index is 0.0771. The molecule has 0 saturated carbocycles. The Morgan fingerprint density at radius 3 is 2.59 bits per heavy atom. The number of carbonyl (C=O) groups is 2. The molecular formula is C26H22FNO5S. The molecule has 4 rings (SSSR count). The second-order valence-corrected chi connectivity index (χ2v) is 8.67. The Morgan fingerprint density at radius 2 is 1.85 bits per heavy atom. The molecule has 4 aromatic rings. The molecule has 6 nitrogen and oxygen atoms in total. The fourth-order valence-electron chi connectivity index (χ4n) is 3.74. The molecule has 0 spiro atoms. The third-order valence-electron chi connectivity index (χ3n) is 5.58. The van der Waals surface area contributed by atoms with Crippen LogP contribution in [0.1, 0.15) is 34.2 Å². The average molecular weight is 480 g/mol. The summed E-state index contributed by atoms with van der Waals surface area (Å²) in [4.78, 5) is 30.3. The Bertz CT molecular complexity index is 1400. The predicted octanol–water partition coefficient (Wildman–Crippen LogP) is 5.92. The van der Waals surface area contributed by atoms with Gasteiger partial charge in [0.1, 0.15) is 17.3 Å². The van der Waals surface area contributed by atoms with Gasteiger partial charge < -0.3 is 14.6 Å². The zero-order valence-electron chi connectivity index (χ0n) is 18.8. The van der Waals surface area contributed by atoms with Gasteiger partial charge in [0.15, 0.2) is 23.1 Å². The first-order valence-corrected chi connectivity index (χ1v) is 11.4. The molecule has 0 bridgehead atoms. The number of Topliss-reactive ketones (excluding diaryl/α,β-unsaturated/α-hetero) is 2. The van der Waals surface area contributed by atoms with Gasteiger partial charge in [0.05, 0.1) is 24.6 Å². The Hall–Kier alpha value is -3.78. The fraction of sp³-hybridized carbons (Fsp3) is 0.192. The molecular weight excluding hydrogens is 457 g/mol. The highest BCUT2D eigenvalue weighted by molar-refractivity contribution is 7.17. The van der Waals surface area contributed by atoms with Crippen LogP contribution < -0.4 is 9.47 Å². The number of benzene rings is 2. The minimum atomic E-state index is -0.731. The van der Waals surface area contributed by atoms with Gasteiger partial charge in [-0.05, 0) is 36.4 Å². The van der Waals surface area contributed by atoms with Crippen LogP contribution >= 0.6 is 11.3 Å². The minimum Gasteiger partial charge on any atom is -0.506 e. The summed E-state index contributed by atoms with van der Waals surface area (Å²) in [6.45, 7) is 1.62. The van der Waals surface area contributed by atoms with Gasteiger partial charge in [0.25, 0.3) is 0 Å². The van der Waals surface area contributed by atoms with Gasteiger partial charge in [-0.15, -0.1) is 11.3 Å². The van der Waals surface area contributed by atoms with Gasteiger partial charge in [-0.2, -0.15) is 0 Å². The van der Waals surface area contributed by atoms with Crippen molar-refractivity contribution < 1.29 is 28.6 Å². The summed E-state index contributed by atoms with van der Waals surface area (Å²) in [6, 6.07) is 12.6. The number of ketones is 2. The van der Waals surface area contributed by atoms with Gasteiger partial charge >= 0.3 is 0 Å². The van der Waals surface area contributed by atoms with E-state index in [2.05, 4.69) is 4.98 Å². The largest absolute Gasteiger partial charge is 0.506 e. The summed E-state index contributed by atoms with van der Waals surface area (Å²) >= 11 is 1.25. The Morgan fingerprint density at radius 1 is 1.09 bits per heavy atom. The number of hydrogen-bond acceptors (Lipinski definition) is 7. The smallest absolute Gasteiger partial charge is 0.188 e. The summed E-state index contributed by atoms with van der Waals surface area (Å²) in [5.41, 5.74) is 1.37. The van der Waals surface area contributed by atoms with Crippen LogP contribution in [-0.4, -0.2) is 35.9 Å². The van der Waals surface area contributed by atoms with Gasteiger partial charge in [0.2, 0.25) is 0 Å². The van der Waals surface area contributed by atoms with Gasteiger partial charge in [0, 0.05) is 34.2 Å². The van der Waals surface area contributed by atoms with Crippen molar-refractivity contribution in [2.24, 2.45) is 5.92 Å². The van der Waals surface area contributed by atoms with Gasteiger partial charge in [-0.25, -0.2) is 9.37 Å². The normalized spacial score (nSPS) is 11.9. The van der Waals surface area contributed by atoms with Crippen LogP contribution in [0.5, 0.6) is 17.2 Å². The molecule has 0 fully saturated rings. The lowest BCUT2D eigenvalue weighted by Crippen LogP contribution is -2.17. The third-order valence-corrected chi connectivity index (χ3v) is 6.58. The Kier molecular flexibility index (Phi) is 6.61. The van der Waals surface area contributed by atoms with E-state index in [1.165, 1.54) is 37.7 Å². The van der Waals surface area contributed by atoms with E-state index in [-0.39, 0.29) is 29.5 Å². The second-order valence-electron chi connectivity index (χ2n) is 7.79. The van der Waals surface area contributed by atoms with Gasteiger partial charge in [-0.1, -0.05) is 19.1 Å². The summed E-state index contributed by atoms with van der Waals surface area (Å²) in [7, 11) is 2.98. The molecule has 1 atom stereocenters. The SMILES string of the molecule is COc1ccc(C(=O)CC(C)C(=O)c2nc(-c3csc4c(F)cccc34)ccc2O)cc1OC. The number of carbonyl (C=O) groups excluding carboxylic acids is 2. The highest BCUT2D eigenvalue weighted by atomic mass is 32.1. The van der Waals surface area contributed by atoms with Crippen LogP contribution in [0.4, 0.5) is 4.39 Å². The number of pyridine rings is 1. The van der Waals surface area contributed by atoms with Crippen molar-refractivity contribution in [1.29, 1.82) is 0 Å². The monoisotopic (exact) mass is 479 g/mol. The van der Waals surface area contributed by atoms with Crippen molar-refractivity contribution in [3.05, 3.63) is 71.0 Å². The maximum atomic E-state index is 14.1. The molecule has 0 saturated heterocycles. The van der Waals surface area contributed by atoms with Crippen LogP contribution in [0.15, 0.2) is 53.9 Å². The van der Waals surface area contributed by atoms with Crippen LogP contribution in [0, 0.1) is 11.7 Å². The highest BCUT2D eigenvalue weighted by Crippen LogP contribution is 2.36. The molecule has 174 valence electrons. The van der Waals surface area contributed by atoms with E-state index in [9.17, 15) is 19.1 Å². The maximum absolute atomic E-state index is 14.1. The Balaban J connectivity index is 1.59. The molecule has 2 aromatic heterocycles. The summed E-state index contributed by atoms with van der Waals surface area (Å²) < 4.78 is 25.0. The van der Waals surface area contributed by atoms with Crippen LogP contribution in [0.2, 0.25) is 0 Å². The molecule has 2 heterocycles. The van der Waals surface area contributed by atoms with E-state index >= 15 is 0 Å². The first-order valence-electron chi connectivity index (χ1n) is 10.5. The number of methoxy groups -OCH3 is 2.